The van der Waals surface area contributed by atoms with Crippen LogP contribution in [0.2, 0.25) is 0 Å². The van der Waals surface area contributed by atoms with E-state index in [0.29, 0.717) is 43.4 Å². The number of nitro benzene ring substituents is 1. The van der Waals surface area contributed by atoms with Crippen molar-refractivity contribution in [3.8, 4) is 17.1 Å². The summed E-state index contributed by atoms with van der Waals surface area (Å²) in [5, 5.41) is 11.1. The Morgan fingerprint density at radius 3 is 2.61 bits per heavy atom. The van der Waals surface area contributed by atoms with Gasteiger partial charge in [-0.1, -0.05) is 35.6 Å². The van der Waals surface area contributed by atoms with Crippen LogP contribution < -0.4 is 19.6 Å². The van der Waals surface area contributed by atoms with Gasteiger partial charge in [-0.25, -0.2) is 9.79 Å². The Balaban J connectivity index is 1.61. The molecule has 38 heavy (non-hydrogen) atoms. The van der Waals surface area contributed by atoms with Gasteiger partial charge >= 0.3 is 5.97 Å². The Kier molecular flexibility index (Phi) is 6.52. The fourth-order valence-corrected chi connectivity index (χ4v) is 5.31. The van der Waals surface area contributed by atoms with Crippen molar-refractivity contribution in [2.75, 3.05) is 14.2 Å². The molecule has 0 fully saturated rings. The van der Waals surface area contributed by atoms with Crippen molar-refractivity contribution in [3.05, 3.63) is 113 Å². The van der Waals surface area contributed by atoms with Crippen LogP contribution in [0.4, 0.5) is 5.69 Å². The number of methoxy groups -OCH3 is 2. The van der Waals surface area contributed by atoms with E-state index in [4.69, 9.17) is 13.9 Å². The third kappa shape index (κ3) is 4.43. The van der Waals surface area contributed by atoms with Crippen molar-refractivity contribution in [1.29, 1.82) is 0 Å². The Hall–Kier alpha value is -4.77. The predicted molar refractivity (Wildman–Crippen MR) is 140 cm³/mol. The monoisotopic (exact) mass is 531 g/mol. The number of ether oxygens (including phenoxy) is 2. The molecule has 0 N–H and O–H groups in total. The fourth-order valence-electron chi connectivity index (χ4n) is 4.28. The minimum atomic E-state index is -0.746. The number of benzene rings is 2. The van der Waals surface area contributed by atoms with Crippen molar-refractivity contribution in [2.24, 2.45) is 4.99 Å². The molecule has 192 valence electrons. The van der Waals surface area contributed by atoms with E-state index in [1.54, 1.807) is 68.6 Å². The number of thiazole rings is 1. The van der Waals surface area contributed by atoms with Crippen LogP contribution >= 0.6 is 11.3 Å². The molecule has 2 aromatic carbocycles. The predicted octanol–water partition coefficient (Wildman–Crippen LogP) is 3.59. The number of fused-ring (bicyclic) bond motifs is 1. The van der Waals surface area contributed by atoms with Gasteiger partial charge in [0.1, 0.15) is 17.3 Å². The Labute approximate surface area is 219 Å². The highest BCUT2D eigenvalue weighted by molar-refractivity contribution is 7.07. The molecular formula is C27H21N3O7S. The number of carbonyl (C=O) groups is 1. The van der Waals surface area contributed by atoms with Gasteiger partial charge in [-0.15, -0.1) is 0 Å². The second kappa shape index (κ2) is 9.94. The van der Waals surface area contributed by atoms with E-state index < -0.39 is 16.9 Å². The molecule has 4 aromatic rings. The number of nitrogens with zero attached hydrogens (tertiary/aromatic N) is 3. The minimum Gasteiger partial charge on any atom is -0.497 e. The third-order valence-corrected chi connectivity index (χ3v) is 7.08. The summed E-state index contributed by atoms with van der Waals surface area (Å²) in [6, 6.07) is 15.8. The number of esters is 1. The summed E-state index contributed by atoms with van der Waals surface area (Å²) in [4.78, 5) is 42.0. The molecule has 0 spiro atoms. The van der Waals surface area contributed by atoms with Crippen molar-refractivity contribution in [2.45, 2.75) is 13.0 Å². The molecule has 5 rings (SSSR count). The average Bonchev–Trinajstić information content (AvgIpc) is 3.52. The molecule has 0 radical (unpaired) electrons. The molecule has 1 aliphatic heterocycles. The molecule has 0 bridgehead atoms. The van der Waals surface area contributed by atoms with E-state index in [1.807, 2.05) is 0 Å². The zero-order valence-corrected chi connectivity index (χ0v) is 21.4. The van der Waals surface area contributed by atoms with Crippen molar-refractivity contribution in [3.63, 3.8) is 0 Å². The van der Waals surface area contributed by atoms with E-state index in [2.05, 4.69) is 4.99 Å². The van der Waals surface area contributed by atoms with Crippen LogP contribution in [0.1, 0.15) is 24.3 Å². The smallest absolute Gasteiger partial charge is 0.338 e. The summed E-state index contributed by atoms with van der Waals surface area (Å²) in [6.07, 6.45) is 1.59. The van der Waals surface area contributed by atoms with Crippen molar-refractivity contribution < 1.29 is 23.6 Å². The molecule has 11 heteroatoms. The topological polar surface area (TPSA) is 126 Å². The molecule has 0 amide bonds. The van der Waals surface area contributed by atoms with E-state index in [1.165, 1.54) is 35.1 Å². The first-order valence-corrected chi connectivity index (χ1v) is 12.2. The minimum absolute atomic E-state index is 0.0518. The second-order valence-electron chi connectivity index (χ2n) is 8.36. The number of aromatic nitrogens is 1. The van der Waals surface area contributed by atoms with Gasteiger partial charge in [-0.2, -0.15) is 0 Å². The fraction of sp³-hybridized carbons (Fsp3) is 0.148. The second-order valence-corrected chi connectivity index (χ2v) is 9.37. The molecule has 1 atom stereocenters. The highest BCUT2D eigenvalue weighted by Crippen LogP contribution is 2.31. The lowest BCUT2D eigenvalue weighted by atomic mass is 9.96. The molecule has 0 saturated heterocycles. The van der Waals surface area contributed by atoms with Gasteiger partial charge in [0, 0.05) is 23.8 Å². The normalized spacial score (nSPS) is 15.1. The van der Waals surface area contributed by atoms with Crippen LogP contribution in [-0.4, -0.2) is 29.7 Å². The first-order chi connectivity index (χ1) is 18.3. The molecule has 2 aromatic heterocycles. The number of allylic oxidation sites excluding steroid dienone is 1. The lowest BCUT2D eigenvalue weighted by Crippen LogP contribution is -2.39. The Morgan fingerprint density at radius 2 is 1.92 bits per heavy atom. The van der Waals surface area contributed by atoms with Crippen molar-refractivity contribution in [1.82, 2.24) is 4.57 Å². The summed E-state index contributed by atoms with van der Waals surface area (Å²) < 4.78 is 18.0. The van der Waals surface area contributed by atoms with Crippen LogP contribution in [0, 0.1) is 10.1 Å². The zero-order chi connectivity index (χ0) is 27.0. The van der Waals surface area contributed by atoms with Crippen LogP contribution in [0.15, 0.2) is 86.1 Å². The third-order valence-electron chi connectivity index (χ3n) is 6.10. The standard InChI is InChI=1S/C27H21N3O7S/c1-15-23(26(32)36-3)24(16-7-9-19(35-2)10-8-16)29-25(31)22(38-27(29)28-15)14-20-11-12-21(37-20)17-5-4-6-18(13-17)30(33)34/h4-14,24H,1-3H3/b22-14-. The maximum atomic E-state index is 13.7. The SMILES string of the molecule is COC(=O)C1=C(C)N=c2s/c(=C\c3ccc(-c4cccc([N+](=O)[O-])c4)o3)c(=O)n2C1c1ccc(OC)cc1. The van der Waals surface area contributed by atoms with Crippen LogP contribution in [0.3, 0.4) is 0 Å². The van der Waals surface area contributed by atoms with Crippen LogP contribution in [0.25, 0.3) is 17.4 Å². The maximum absolute atomic E-state index is 13.7. The molecule has 3 heterocycles. The molecule has 0 saturated carbocycles. The summed E-state index contributed by atoms with van der Waals surface area (Å²) in [7, 11) is 2.84. The van der Waals surface area contributed by atoms with Gasteiger partial charge in [0.25, 0.3) is 11.2 Å². The van der Waals surface area contributed by atoms with Gasteiger partial charge in [-0.3, -0.25) is 19.5 Å². The average molecular weight is 532 g/mol. The largest absolute Gasteiger partial charge is 0.497 e. The zero-order valence-electron chi connectivity index (χ0n) is 20.5. The number of non-ortho nitro benzene ring substituents is 1. The van der Waals surface area contributed by atoms with Gasteiger partial charge in [-0.05, 0) is 36.8 Å². The van der Waals surface area contributed by atoms with Gasteiger partial charge < -0.3 is 13.9 Å². The lowest BCUT2D eigenvalue weighted by Gasteiger charge is -2.24. The number of carbonyl (C=O) groups excluding carboxylic acids is 1. The van der Waals surface area contributed by atoms with Crippen LogP contribution in [0.5, 0.6) is 5.75 Å². The maximum Gasteiger partial charge on any atom is 0.338 e. The van der Waals surface area contributed by atoms with E-state index in [-0.39, 0.29) is 16.8 Å². The highest BCUT2D eigenvalue weighted by Gasteiger charge is 2.33. The lowest BCUT2D eigenvalue weighted by molar-refractivity contribution is -0.384. The van der Waals surface area contributed by atoms with Crippen molar-refractivity contribution >= 4 is 29.1 Å². The number of rotatable bonds is 6. The number of hydrogen-bond acceptors (Lipinski definition) is 9. The van der Waals surface area contributed by atoms with E-state index >= 15 is 0 Å². The van der Waals surface area contributed by atoms with E-state index in [0.717, 1.165) is 0 Å². The highest BCUT2D eigenvalue weighted by atomic mass is 32.1. The summed E-state index contributed by atoms with van der Waals surface area (Å²) in [6.45, 7) is 1.71. The first kappa shape index (κ1) is 24.9. The molecule has 10 nitrogen and oxygen atoms in total. The molecule has 1 unspecified atom stereocenters. The van der Waals surface area contributed by atoms with Gasteiger partial charge in [0.2, 0.25) is 0 Å². The number of hydrogen-bond donors (Lipinski definition) is 0. The number of nitro groups is 1. The van der Waals surface area contributed by atoms with E-state index in [9.17, 15) is 19.7 Å². The van der Waals surface area contributed by atoms with Gasteiger partial charge in [0.05, 0.1) is 41.0 Å². The van der Waals surface area contributed by atoms with Gasteiger partial charge in [0.15, 0.2) is 4.80 Å². The Bertz CT molecular complexity index is 1780. The molecular weight excluding hydrogens is 510 g/mol. The molecule has 0 aliphatic carbocycles. The molecule has 1 aliphatic rings. The summed E-state index contributed by atoms with van der Waals surface area (Å²) >= 11 is 1.17. The first-order valence-electron chi connectivity index (χ1n) is 11.4. The van der Waals surface area contributed by atoms with Crippen LogP contribution in [-0.2, 0) is 9.53 Å². The number of furan rings is 1. The Morgan fingerprint density at radius 1 is 1.16 bits per heavy atom. The summed E-state index contributed by atoms with van der Waals surface area (Å²) in [5.41, 5.74) is 1.55. The summed E-state index contributed by atoms with van der Waals surface area (Å²) in [5.74, 6) is 0.877. The quantitative estimate of drug-likeness (QED) is 0.211.